The van der Waals surface area contributed by atoms with Gasteiger partial charge in [0.2, 0.25) is 0 Å². The molecule has 5 nitrogen and oxygen atoms in total. The summed E-state index contributed by atoms with van der Waals surface area (Å²) >= 11 is 0. The van der Waals surface area contributed by atoms with Crippen molar-refractivity contribution in [1.82, 2.24) is 0 Å². The van der Waals surface area contributed by atoms with Crippen LogP contribution in [0.4, 0.5) is 9.18 Å². The normalized spacial score (nSPS) is 12.1. The largest absolute Gasteiger partial charge is 0.517 e. The number of hydrogen-bond acceptors (Lipinski definition) is 5. The summed E-state index contributed by atoms with van der Waals surface area (Å²) in [7, 11) is 0. The molecule has 1 rings (SSSR count). The van der Waals surface area contributed by atoms with Crippen molar-refractivity contribution in [2.75, 3.05) is 0 Å². The van der Waals surface area contributed by atoms with Crippen LogP contribution in [0, 0.1) is 17.7 Å². The van der Waals surface area contributed by atoms with Gasteiger partial charge in [0.05, 0.1) is 5.92 Å². The first-order chi connectivity index (χ1) is 9.81. The minimum atomic E-state index is -1.13. The Labute approximate surface area is 123 Å². The van der Waals surface area contributed by atoms with Gasteiger partial charge in [-0.3, -0.25) is 4.79 Å². The van der Waals surface area contributed by atoms with Crippen LogP contribution in [0.25, 0.3) is 0 Å². The number of benzene rings is 1. The standard InChI is InChI=1S/C15H19FO5/c1-9(2)13(17)20-14(10(3)4)21-15(18)19-12-8-6-5-7-11(12)16/h5-10,14H,1-4H3. The fraction of sp³-hybridized carbons (Fsp3) is 0.467. The fourth-order valence-corrected chi connectivity index (χ4v) is 1.28. The van der Waals surface area contributed by atoms with Crippen molar-refractivity contribution >= 4 is 12.1 Å². The number of para-hydroxylation sites is 1. The Morgan fingerprint density at radius 3 is 2.19 bits per heavy atom. The van der Waals surface area contributed by atoms with E-state index in [0.717, 1.165) is 6.07 Å². The molecule has 6 heteroatoms. The molecule has 1 atom stereocenters. The van der Waals surface area contributed by atoms with Gasteiger partial charge >= 0.3 is 12.1 Å². The molecule has 0 radical (unpaired) electrons. The molecule has 0 spiro atoms. The van der Waals surface area contributed by atoms with Gasteiger partial charge in [0, 0.05) is 5.92 Å². The molecule has 0 saturated heterocycles. The average Bonchev–Trinajstić information content (AvgIpc) is 2.40. The molecule has 0 aliphatic heterocycles. The van der Waals surface area contributed by atoms with Crippen LogP contribution in [-0.4, -0.2) is 18.4 Å². The number of hydrogen-bond donors (Lipinski definition) is 0. The zero-order valence-electron chi connectivity index (χ0n) is 12.5. The summed E-state index contributed by atoms with van der Waals surface area (Å²) in [4.78, 5) is 23.2. The Balaban J connectivity index is 2.65. The zero-order valence-corrected chi connectivity index (χ0v) is 12.5. The summed E-state index contributed by atoms with van der Waals surface area (Å²) in [6, 6.07) is 5.43. The monoisotopic (exact) mass is 298 g/mol. The molecule has 0 heterocycles. The SMILES string of the molecule is CC(C)C(=O)OC(OC(=O)Oc1ccccc1F)C(C)C. The van der Waals surface area contributed by atoms with Crippen molar-refractivity contribution in [3.8, 4) is 5.75 Å². The molecule has 116 valence electrons. The summed E-state index contributed by atoms with van der Waals surface area (Å²) in [5.74, 6) is -2.04. The molecular weight excluding hydrogens is 279 g/mol. The smallest absolute Gasteiger partial charge is 0.425 e. The molecule has 1 unspecified atom stereocenters. The molecule has 1 aromatic carbocycles. The Kier molecular flexibility index (Phi) is 6.14. The average molecular weight is 298 g/mol. The Morgan fingerprint density at radius 2 is 1.67 bits per heavy atom. The molecule has 0 amide bonds. The van der Waals surface area contributed by atoms with Crippen LogP contribution in [0.1, 0.15) is 27.7 Å². The molecule has 0 N–H and O–H groups in total. The van der Waals surface area contributed by atoms with Crippen LogP contribution in [0.2, 0.25) is 0 Å². The van der Waals surface area contributed by atoms with Gasteiger partial charge in [0.15, 0.2) is 11.6 Å². The third-order valence-corrected chi connectivity index (χ3v) is 2.49. The van der Waals surface area contributed by atoms with Gasteiger partial charge in [-0.1, -0.05) is 39.8 Å². The van der Waals surface area contributed by atoms with E-state index in [0.29, 0.717) is 0 Å². The van der Waals surface area contributed by atoms with Crippen LogP contribution < -0.4 is 4.74 Å². The maximum Gasteiger partial charge on any atom is 0.517 e. The summed E-state index contributed by atoms with van der Waals surface area (Å²) in [5.41, 5.74) is 0. The predicted molar refractivity (Wildman–Crippen MR) is 73.1 cm³/mol. The molecule has 0 aliphatic carbocycles. The van der Waals surface area contributed by atoms with Crippen molar-refractivity contribution in [1.29, 1.82) is 0 Å². The quantitative estimate of drug-likeness (QED) is 0.473. The van der Waals surface area contributed by atoms with Crippen LogP contribution in [0.15, 0.2) is 24.3 Å². The van der Waals surface area contributed by atoms with Gasteiger partial charge in [0.1, 0.15) is 0 Å². The lowest BCUT2D eigenvalue weighted by atomic mass is 10.2. The van der Waals surface area contributed by atoms with Crippen LogP contribution in [0.3, 0.4) is 0 Å². The third-order valence-electron chi connectivity index (χ3n) is 2.49. The fourth-order valence-electron chi connectivity index (χ4n) is 1.28. The van der Waals surface area contributed by atoms with Crippen LogP contribution in [-0.2, 0) is 14.3 Å². The molecule has 0 aromatic heterocycles. The van der Waals surface area contributed by atoms with Crippen LogP contribution >= 0.6 is 0 Å². The number of carbonyl (C=O) groups excluding carboxylic acids is 2. The molecule has 0 fully saturated rings. The van der Waals surface area contributed by atoms with Crippen LogP contribution in [0.5, 0.6) is 5.75 Å². The third kappa shape index (κ3) is 5.41. The topological polar surface area (TPSA) is 61.8 Å². The van der Waals surface area contributed by atoms with Gasteiger partial charge in [-0.15, -0.1) is 0 Å². The highest BCUT2D eigenvalue weighted by Gasteiger charge is 2.25. The van der Waals surface area contributed by atoms with E-state index in [9.17, 15) is 14.0 Å². The summed E-state index contributed by atoms with van der Waals surface area (Å²) in [5, 5.41) is 0. The highest BCUT2D eigenvalue weighted by Crippen LogP contribution is 2.18. The van der Waals surface area contributed by atoms with E-state index in [2.05, 4.69) is 0 Å². The highest BCUT2D eigenvalue weighted by molar-refractivity contribution is 5.72. The van der Waals surface area contributed by atoms with E-state index in [4.69, 9.17) is 14.2 Å². The molecule has 0 aliphatic rings. The molecular formula is C15H19FO5. The van der Waals surface area contributed by atoms with Crippen molar-refractivity contribution in [3.63, 3.8) is 0 Å². The number of rotatable bonds is 5. The number of carbonyl (C=O) groups is 2. The number of ether oxygens (including phenoxy) is 3. The first-order valence-electron chi connectivity index (χ1n) is 6.64. The Hall–Kier alpha value is -2.11. The van der Waals surface area contributed by atoms with E-state index < -0.39 is 24.2 Å². The van der Waals surface area contributed by atoms with Gasteiger partial charge in [-0.2, -0.15) is 0 Å². The van der Waals surface area contributed by atoms with E-state index in [1.54, 1.807) is 27.7 Å². The summed E-state index contributed by atoms with van der Waals surface area (Å²) < 4.78 is 28.1. The Morgan fingerprint density at radius 1 is 1.05 bits per heavy atom. The molecule has 21 heavy (non-hydrogen) atoms. The second-order valence-electron chi connectivity index (χ2n) is 5.10. The maximum absolute atomic E-state index is 13.3. The highest BCUT2D eigenvalue weighted by atomic mass is 19.1. The second-order valence-corrected chi connectivity index (χ2v) is 5.10. The summed E-state index contributed by atoms with van der Waals surface area (Å²) in [6.07, 6.45) is -2.21. The predicted octanol–water partition coefficient (Wildman–Crippen LogP) is 3.52. The van der Waals surface area contributed by atoms with Gasteiger partial charge < -0.3 is 14.2 Å². The van der Waals surface area contributed by atoms with Crippen molar-refractivity contribution in [3.05, 3.63) is 30.1 Å². The minimum Gasteiger partial charge on any atom is -0.425 e. The molecule has 0 bridgehead atoms. The van der Waals surface area contributed by atoms with Gasteiger partial charge in [-0.05, 0) is 12.1 Å². The summed E-state index contributed by atoms with van der Waals surface area (Å²) in [6.45, 7) is 6.76. The lowest BCUT2D eigenvalue weighted by molar-refractivity contribution is -0.180. The zero-order chi connectivity index (χ0) is 16.0. The van der Waals surface area contributed by atoms with E-state index >= 15 is 0 Å². The van der Waals surface area contributed by atoms with Gasteiger partial charge in [-0.25, -0.2) is 9.18 Å². The van der Waals surface area contributed by atoms with Crippen molar-refractivity contribution in [2.24, 2.45) is 11.8 Å². The number of halogens is 1. The van der Waals surface area contributed by atoms with Crippen molar-refractivity contribution in [2.45, 2.75) is 34.0 Å². The lowest BCUT2D eigenvalue weighted by Crippen LogP contribution is -2.32. The van der Waals surface area contributed by atoms with Crippen molar-refractivity contribution < 1.29 is 28.2 Å². The van der Waals surface area contributed by atoms with E-state index in [-0.39, 0.29) is 17.6 Å². The lowest BCUT2D eigenvalue weighted by Gasteiger charge is -2.21. The maximum atomic E-state index is 13.3. The first kappa shape index (κ1) is 16.9. The first-order valence-corrected chi connectivity index (χ1v) is 6.64. The van der Waals surface area contributed by atoms with E-state index in [1.165, 1.54) is 18.2 Å². The minimum absolute atomic E-state index is 0.250. The van der Waals surface area contributed by atoms with E-state index in [1.807, 2.05) is 0 Å². The molecule has 1 aromatic rings. The number of esters is 1. The van der Waals surface area contributed by atoms with Gasteiger partial charge in [0.25, 0.3) is 6.29 Å². The Bertz CT molecular complexity index is 499. The second kappa shape index (κ2) is 7.61. The molecule has 0 saturated carbocycles.